The third kappa shape index (κ3) is 3.44. The summed E-state index contributed by atoms with van der Waals surface area (Å²) in [6.45, 7) is 0. The molecule has 0 nitrogen and oxygen atoms in total. The predicted molar refractivity (Wildman–Crippen MR) is 144 cm³/mol. The zero-order chi connectivity index (χ0) is 19.5. The number of hydrogen-bond donors (Lipinski definition) is 0. The molecule has 4 heteroatoms. The minimum atomic E-state index is -2.14. The van der Waals surface area contributed by atoms with Gasteiger partial charge in [-0.3, -0.25) is 0 Å². The van der Waals surface area contributed by atoms with Crippen LogP contribution in [0.1, 0.15) is 0 Å². The Hall–Kier alpha value is -1.23. The van der Waals surface area contributed by atoms with Crippen LogP contribution >= 0.6 is 43.6 Å². The van der Waals surface area contributed by atoms with Crippen LogP contribution in [0.5, 0.6) is 0 Å². The summed E-state index contributed by atoms with van der Waals surface area (Å²) in [5, 5.41) is 1.70. The summed E-state index contributed by atoms with van der Waals surface area (Å²) in [7, 11) is 0. The summed E-state index contributed by atoms with van der Waals surface area (Å²) < 4.78 is 0. The Morgan fingerprint density at radius 3 is 0.679 bits per heavy atom. The van der Waals surface area contributed by atoms with Gasteiger partial charge in [-0.05, 0) is 20.7 Å². The monoisotopic (exact) mass is 618 g/mol. The van der Waals surface area contributed by atoms with Gasteiger partial charge >= 0.3 is 0 Å². The molecule has 4 aromatic rings. The SMILES string of the molecule is I[Si](c1ccccc1)(c1ccccc1)[Si](I)(c1ccccc1)c1ccccc1. The van der Waals surface area contributed by atoms with Gasteiger partial charge in [0.25, 0.3) is 0 Å². The molecule has 28 heavy (non-hydrogen) atoms. The van der Waals surface area contributed by atoms with E-state index in [9.17, 15) is 0 Å². The van der Waals surface area contributed by atoms with Crippen molar-refractivity contribution in [3.8, 4) is 0 Å². The minimum Gasteiger partial charge on any atom is -0.108 e. The summed E-state index contributed by atoms with van der Waals surface area (Å²) in [4.78, 5) is 0. The molecule has 0 amide bonds. The van der Waals surface area contributed by atoms with E-state index in [0.29, 0.717) is 0 Å². The molecule has 0 aliphatic heterocycles. The zero-order valence-corrected chi connectivity index (χ0v) is 21.6. The van der Waals surface area contributed by atoms with Gasteiger partial charge in [0.1, 0.15) is 0 Å². The fourth-order valence-corrected chi connectivity index (χ4v) is 31.0. The molecule has 0 aliphatic rings. The maximum absolute atomic E-state index is 2.89. The van der Waals surface area contributed by atoms with Crippen LogP contribution in [0.3, 0.4) is 0 Å². The van der Waals surface area contributed by atoms with E-state index in [0.717, 1.165) is 0 Å². The quantitative estimate of drug-likeness (QED) is 0.176. The van der Waals surface area contributed by atoms with Crippen molar-refractivity contribution in [2.45, 2.75) is 0 Å². The summed E-state index contributed by atoms with van der Waals surface area (Å²) >= 11 is 5.77. The molecule has 0 saturated heterocycles. The van der Waals surface area contributed by atoms with Gasteiger partial charge < -0.3 is 0 Å². The Morgan fingerprint density at radius 2 is 0.500 bits per heavy atom. The van der Waals surface area contributed by atoms with Gasteiger partial charge in [-0.25, -0.2) is 0 Å². The van der Waals surface area contributed by atoms with Crippen LogP contribution in [0.15, 0.2) is 121 Å². The lowest BCUT2D eigenvalue weighted by Gasteiger charge is -2.41. The van der Waals surface area contributed by atoms with Crippen molar-refractivity contribution < 1.29 is 0 Å². The maximum Gasteiger partial charge on any atom is 0.198 e. The molecule has 0 heterocycles. The van der Waals surface area contributed by atoms with E-state index in [1.807, 2.05) is 0 Å². The van der Waals surface area contributed by atoms with Crippen LogP contribution in [0.2, 0.25) is 0 Å². The van der Waals surface area contributed by atoms with Gasteiger partial charge in [0.05, 0.1) is 0 Å². The highest BCUT2D eigenvalue weighted by Crippen LogP contribution is 2.31. The van der Waals surface area contributed by atoms with Crippen molar-refractivity contribution in [3.05, 3.63) is 121 Å². The first-order chi connectivity index (χ1) is 13.7. The van der Waals surface area contributed by atoms with E-state index in [1.54, 1.807) is 0 Å². The zero-order valence-electron chi connectivity index (χ0n) is 15.3. The van der Waals surface area contributed by atoms with E-state index in [-0.39, 0.29) is 0 Å². The van der Waals surface area contributed by atoms with Crippen molar-refractivity contribution in [3.63, 3.8) is 0 Å². The van der Waals surface area contributed by atoms with Crippen LogP contribution in [-0.2, 0) is 0 Å². The largest absolute Gasteiger partial charge is 0.198 e. The van der Waals surface area contributed by atoms with E-state index in [4.69, 9.17) is 0 Å². The normalized spacial score (nSPS) is 11.9. The van der Waals surface area contributed by atoms with Gasteiger partial charge in [0.15, 0.2) is 10.2 Å². The first-order valence-electron chi connectivity index (χ1n) is 9.27. The topological polar surface area (TPSA) is 0 Å². The average Bonchev–Trinajstić information content (AvgIpc) is 2.80. The highest BCUT2D eigenvalue weighted by atomic mass is 127. The van der Waals surface area contributed by atoms with Crippen LogP contribution in [-0.4, -0.2) is 10.2 Å². The molecule has 0 N–H and O–H groups in total. The minimum absolute atomic E-state index is 1.50. The van der Waals surface area contributed by atoms with Crippen LogP contribution in [0, 0.1) is 0 Å². The molecule has 0 radical (unpaired) electrons. The van der Waals surface area contributed by atoms with Crippen molar-refractivity contribution in [2.75, 3.05) is 0 Å². The van der Waals surface area contributed by atoms with Crippen LogP contribution in [0.25, 0.3) is 0 Å². The second kappa shape index (κ2) is 8.65. The molecule has 0 aliphatic carbocycles. The standard InChI is InChI=1S/C24H20I2Si2/c25-27(21-13-5-1-6-14-21,22-15-7-2-8-16-22)28(26,23-17-9-3-10-18-23)24-19-11-4-12-20-24/h1-20H. The van der Waals surface area contributed by atoms with Gasteiger partial charge in [0, 0.05) is 0 Å². The molecular weight excluding hydrogens is 598 g/mol. The van der Waals surface area contributed by atoms with Gasteiger partial charge in [-0.1, -0.05) is 121 Å². The first kappa shape index (κ1) is 20.1. The molecule has 4 rings (SSSR count). The molecule has 0 spiro atoms. The number of halogens is 2. The number of rotatable bonds is 5. The lowest BCUT2D eigenvalue weighted by atomic mass is 10.4. The molecule has 0 bridgehead atoms. The molecule has 0 saturated carbocycles. The van der Waals surface area contributed by atoms with Crippen LogP contribution in [0.4, 0.5) is 0 Å². The Bertz CT molecular complexity index is 857. The van der Waals surface area contributed by atoms with Crippen molar-refractivity contribution in [2.24, 2.45) is 0 Å². The van der Waals surface area contributed by atoms with Crippen molar-refractivity contribution in [1.29, 1.82) is 0 Å². The lowest BCUT2D eigenvalue weighted by Crippen LogP contribution is -2.79. The predicted octanol–water partition coefficient (Wildman–Crippen LogP) is 4.45. The maximum atomic E-state index is 2.89. The van der Waals surface area contributed by atoms with Gasteiger partial charge in [0.2, 0.25) is 0 Å². The Labute approximate surface area is 194 Å². The average molecular weight is 618 g/mol. The van der Waals surface area contributed by atoms with Crippen molar-refractivity contribution in [1.82, 2.24) is 0 Å². The highest BCUT2D eigenvalue weighted by Gasteiger charge is 2.57. The van der Waals surface area contributed by atoms with E-state index < -0.39 is 10.2 Å². The molecule has 0 aromatic heterocycles. The highest BCUT2D eigenvalue weighted by molar-refractivity contribution is 14.2. The molecule has 4 aromatic carbocycles. The molecule has 0 atom stereocenters. The fourth-order valence-electron chi connectivity index (χ4n) is 3.80. The third-order valence-electron chi connectivity index (χ3n) is 5.16. The Morgan fingerprint density at radius 1 is 0.321 bits per heavy atom. The van der Waals surface area contributed by atoms with E-state index >= 15 is 0 Å². The van der Waals surface area contributed by atoms with Crippen LogP contribution < -0.4 is 20.7 Å². The smallest absolute Gasteiger partial charge is 0.108 e. The molecule has 0 fully saturated rings. The molecule has 138 valence electrons. The second-order valence-corrected chi connectivity index (χ2v) is 32.0. The first-order valence-corrected chi connectivity index (χ1v) is 20.5. The Kier molecular flexibility index (Phi) is 6.20. The fraction of sp³-hybridized carbons (Fsp3) is 0. The van der Waals surface area contributed by atoms with Gasteiger partial charge in [-0.2, -0.15) is 0 Å². The molecular formula is C24H20I2Si2. The Balaban J connectivity index is 2.09. The van der Waals surface area contributed by atoms with Crippen molar-refractivity contribution >= 4 is 74.5 Å². The summed E-state index contributed by atoms with van der Waals surface area (Å²) in [5.74, 6) is 0. The second-order valence-electron chi connectivity index (χ2n) is 6.78. The number of benzene rings is 4. The summed E-state index contributed by atoms with van der Waals surface area (Å²) in [5.41, 5.74) is 0. The summed E-state index contributed by atoms with van der Waals surface area (Å²) in [6, 6.07) is 44.8. The van der Waals surface area contributed by atoms with E-state index in [1.165, 1.54) is 20.7 Å². The number of hydrogen-bond acceptors (Lipinski definition) is 0. The molecule has 0 unspecified atom stereocenters. The summed E-state index contributed by atoms with van der Waals surface area (Å²) in [6.07, 6.45) is 0. The third-order valence-corrected chi connectivity index (χ3v) is 48.3. The lowest BCUT2D eigenvalue weighted by molar-refractivity contribution is 1.72. The van der Waals surface area contributed by atoms with E-state index in [2.05, 4.69) is 165 Å². The van der Waals surface area contributed by atoms with Gasteiger partial charge in [-0.15, -0.1) is 43.6 Å².